The van der Waals surface area contributed by atoms with Crippen molar-refractivity contribution >= 4 is 17.2 Å². The van der Waals surface area contributed by atoms with Gasteiger partial charge in [-0.25, -0.2) is 8.78 Å². The van der Waals surface area contributed by atoms with Crippen molar-refractivity contribution in [3.63, 3.8) is 0 Å². The molecule has 0 spiro atoms. The third-order valence-corrected chi connectivity index (χ3v) is 5.39. The maximum absolute atomic E-state index is 13.3. The molecule has 2 aromatic rings. The topological polar surface area (TPSA) is 38.3 Å². The molecule has 0 bridgehead atoms. The first kappa shape index (κ1) is 19.6. The molecule has 1 aliphatic carbocycles. The number of amides is 1. The Bertz CT molecular complexity index is 815. The molecule has 3 atom stereocenters. The highest BCUT2D eigenvalue weighted by Crippen LogP contribution is 2.48. The van der Waals surface area contributed by atoms with Crippen molar-refractivity contribution in [3.05, 3.63) is 52.4 Å². The smallest absolute Gasteiger partial charge is 0.422 e. The van der Waals surface area contributed by atoms with Crippen molar-refractivity contribution in [1.82, 2.24) is 5.32 Å². The summed E-state index contributed by atoms with van der Waals surface area (Å²) in [5.74, 6) is -2.25. The Morgan fingerprint density at radius 1 is 1.26 bits per heavy atom. The Balaban J connectivity index is 1.55. The number of halogens is 5. The molecule has 3 nitrogen and oxygen atoms in total. The SMILES string of the molecule is C[C@@H](NC(=O)[C@H]1C[C@@H]1c1cc(F)cc(F)c1)c1ccc(OCC(F)(F)F)s1. The zero-order chi connectivity index (χ0) is 19.8. The van der Waals surface area contributed by atoms with Gasteiger partial charge in [-0.2, -0.15) is 13.2 Å². The molecule has 1 N–H and O–H groups in total. The molecule has 1 aliphatic rings. The maximum Gasteiger partial charge on any atom is 0.422 e. The van der Waals surface area contributed by atoms with Crippen molar-refractivity contribution < 1.29 is 31.5 Å². The summed E-state index contributed by atoms with van der Waals surface area (Å²) in [5, 5.41) is 2.89. The molecule has 1 aromatic heterocycles. The monoisotopic (exact) mass is 405 g/mol. The number of alkyl halides is 3. The van der Waals surface area contributed by atoms with E-state index in [1.54, 1.807) is 13.0 Å². The van der Waals surface area contributed by atoms with Crippen LogP contribution in [0.3, 0.4) is 0 Å². The van der Waals surface area contributed by atoms with E-state index < -0.39 is 30.5 Å². The van der Waals surface area contributed by atoms with Gasteiger partial charge in [-0.3, -0.25) is 4.79 Å². The first-order chi connectivity index (χ1) is 12.6. The number of nitrogens with one attached hydrogen (secondary N) is 1. The van der Waals surface area contributed by atoms with Crippen molar-refractivity contribution in [2.24, 2.45) is 5.92 Å². The Hall–Kier alpha value is -2.16. The number of hydrogen-bond acceptors (Lipinski definition) is 3. The van der Waals surface area contributed by atoms with Gasteiger partial charge in [0.1, 0.15) is 11.6 Å². The molecule has 3 rings (SSSR count). The Morgan fingerprint density at radius 3 is 2.56 bits per heavy atom. The second-order valence-electron chi connectivity index (χ2n) is 6.44. The van der Waals surface area contributed by atoms with Gasteiger partial charge in [0.15, 0.2) is 11.7 Å². The molecular weight excluding hydrogens is 389 g/mol. The second kappa shape index (κ2) is 7.46. The van der Waals surface area contributed by atoms with Gasteiger partial charge in [-0.15, -0.1) is 11.3 Å². The van der Waals surface area contributed by atoms with Gasteiger partial charge in [-0.1, -0.05) is 0 Å². The molecule has 0 radical (unpaired) electrons. The average Bonchev–Trinajstić information content (AvgIpc) is 3.21. The van der Waals surface area contributed by atoms with Crippen molar-refractivity contribution in [3.8, 4) is 5.06 Å². The van der Waals surface area contributed by atoms with Crippen LogP contribution in [-0.4, -0.2) is 18.7 Å². The van der Waals surface area contributed by atoms with Crippen molar-refractivity contribution in [2.75, 3.05) is 6.61 Å². The van der Waals surface area contributed by atoms with E-state index in [-0.39, 0.29) is 22.8 Å². The standard InChI is InChI=1S/C18H16F5NO2S/c1-9(15-2-3-16(27-15)26-8-18(21,22)23)24-17(25)14-7-13(14)10-4-11(19)6-12(20)5-10/h2-6,9,13-14H,7-8H2,1H3,(H,24,25)/t9-,13-,14+/m1/s1. The summed E-state index contributed by atoms with van der Waals surface area (Å²) in [6, 6.07) is 5.80. The first-order valence-corrected chi connectivity index (χ1v) is 8.99. The van der Waals surface area contributed by atoms with E-state index in [0.717, 1.165) is 17.4 Å². The van der Waals surface area contributed by atoms with E-state index >= 15 is 0 Å². The molecule has 0 unspecified atom stereocenters. The van der Waals surface area contributed by atoms with E-state index in [9.17, 15) is 26.7 Å². The van der Waals surface area contributed by atoms with Gasteiger partial charge in [0.05, 0.1) is 6.04 Å². The number of rotatable bonds is 6. The molecule has 1 amide bonds. The lowest BCUT2D eigenvalue weighted by molar-refractivity contribution is -0.152. The minimum absolute atomic E-state index is 0.114. The zero-order valence-corrected chi connectivity index (χ0v) is 15.0. The summed E-state index contributed by atoms with van der Waals surface area (Å²) in [4.78, 5) is 13.0. The van der Waals surface area contributed by atoms with Gasteiger partial charge < -0.3 is 10.1 Å². The van der Waals surface area contributed by atoms with E-state index in [4.69, 9.17) is 0 Å². The molecule has 1 fully saturated rings. The van der Waals surface area contributed by atoms with Crippen LogP contribution >= 0.6 is 11.3 Å². The summed E-state index contributed by atoms with van der Waals surface area (Å²) >= 11 is 1.02. The number of carbonyl (C=O) groups excluding carboxylic acids is 1. The number of carbonyl (C=O) groups is 1. The van der Waals surface area contributed by atoms with Gasteiger partial charge in [0.2, 0.25) is 5.91 Å². The van der Waals surface area contributed by atoms with E-state index in [2.05, 4.69) is 10.1 Å². The van der Waals surface area contributed by atoms with E-state index in [1.165, 1.54) is 18.2 Å². The van der Waals surface area contributed by atoms with Crippen LogP contribution in [0.4, 0.5) is 22.0 Å². The summed E-state index contributed by atoms with van der Waals surface area (Å²) < 4.78 is 67.8. The predicted octanol–water partition coefficient (Wildman–Crippen LogP) is 4.95. The van der Waals surface area contributed by atoms with Crippen molar-refractivity contribution in [1.29, 1.82) is 0 Å². The average molecular weight is 405 g/mol. The summed E-state index contributed by atoms with van der Waals surface area (Å²) in [6.45, 7) is 0.332. The normalized spacial score (nSPS) is 20.2. The summed E-state index contributed by atoms with van der Waals surface area (Å²) in [7, 11) is 0. The number of hydrogen-bond donors (Lipinski definition) is 1. The van der Waals surface area contributed by atoms with Crippen LogP contribution in [0, 0.1) is 17.6 Å². The molecule has 1 saturated carbocycles. The molecule has 27 heavy (non-hydrogen) atoms. The highest BCUT2D eigenvalue weighted by Gasteiger charge is 2.44. The van der Waals surface area contributed by atoms with Gasteiger partial charge in [0.25, 0.3) is 0 Å². The molecule has 0 aliphatic heterocycles. The number of thiophene rings is 1. The maximum atomic E-state index is 13.3. The van der Waals surface area contributed by atoms with Gasteiger partial charge in [0, 0.05) is 16.9 Å². The molecule has 146 valence electrons. The Labute approximate surface area is 156 Å². The fourth-order valence-corrected chi connectivity index (χ4v) is 3.69. The molecule has 1 aromatic carbocycles. The predicted molar refractivity (Wildman–Crippen MR) is 89.6 cm³/mol. The highest BCUT2D eigenvalue weighted by molar-refractivity contribution is 7.13. The molecular formula is C18H16F5NO2S. The van der Waals surface area contributed by atoms with Crippen LogP contribution < -0.4 is 10.1 Å². The Kier molecular flexibility index (Phi) is 5.41. The fraction of sp³-hybridized carbons (Fsp3) is 0.389. The minimum atomic E-state index is -4.42. The van der Waals surface area contributed by atoms with Crippen LogP contribution in [0.5, 0.6) is 5.06 Å². The van der Waals surface area contributed by atoms with Crippen LogP contribution in [0.1, 0.15) is 35.7 Å². The number of benzene rings is 1. The minimum Gasteiger partial charge on any atom is -0.475 e. The van der Waals surface area contributed by atoms with Gasteiger partial charge in [-0.05, 0) is 49.1 Å². The van der Waals surface area contributed by atoms with Crippen LogP contribution in [0.25, 0.3) is 0 Å². The molecule has 0 saturated heterocycles. The lowest BCUT2D eigenvalue weighted by atomic mass is 10.1. The lowest BCUT2D eigenvalue weighted by Crippen LogP contribution is -2.27. The third-order valence-electron chi connectivity index (χ3n) is 4.21. The van der Waals surface area contributed by atoms with Crippen LogP contribution in [0.15, 0.2) is 30.3 Å². The van der Waals surface area contributed by atoms with Crippen LogP contribution in [-0.2, 0) is 4.79 Å². The van der Waals surface area contributed by atoms with E-state index in [0.29, 0.717) is 16.9 Å². The molecule has 1 heterocycles. The van der Waals surface area contributed by atoms with Gasteiger partial charge >= 0.3 is 6.18 Å². The molecule has 9 heteroatoms. The number of ether oxygens (including phenoxy) is 1. The third kappa shape index (κ3) is 5.18. The fourth-order valence-electron chi connectivity index (χ4n) is 2.83. The first-order valence-electron chi connectivity index (χ1n) is 8.18. The van der Waals surface area contributed by atoms with Crippen molar-refractivity contribution in [2.45, 2.75) is 31.5 Å². The highest BCUT2D eigenvalue weighted by atomic mass is 32.1. The van der Waals surface area contributed by atoms with E-state index in [1.807, 2.05) is 0 Å². The second-order valence-corrected chi connectivity index (χ2v) is 7.52. The lowest BCUT2D eigenvalue weighted by Gasteiger charge is -2.12. The quantitative estimate of drug-likeness (QED) is 0.691. The summed E-state index contributed by atoms with van der Waals surface area (Å²) in [6.07, 6.45) is -3.92. The zero-order valence-electron chi connectivity index (χ0n) is 14.1. The Morgan fingerprint density at radius 2 is 1.93 bits per heavy atom. The van der Waals surface area contributed by atoms with Crippen LogP contribution in [0.2, 0.25) is 0 Å². The summed E-state index contributed by atoms with van der Waals surface area (Å²) in [5.41, 5.74) is 0.444. The largest absolute Gasteiger partial charge is 0.475 e.